The number of aliphatic hydroxyl groups is 1. The maximum atomic E-state index is 11.6. The molecule has 1 N–H and O–H groups in total. The van der Waals surface area contributed by atoms with Gasteiger partial charge in [0.2, 0.25) is 0 Å². The zero-order valence-electron chi connectivity index (χ0n) is 11.8. The van der Waals surface area contributed by atoms with E-state index in [0.29, 0.717) is 17.7 Å². The van der Waals surface area contributed by atoms with Crippen LogP contribution in [0.3, 0.4) is 0 Å². The Labute approximate surface area is 124 Å². The van der Waals surface area contributed by atoms with Crippen molar-refractivity contribution in [2.24, 2.45) is 0 Å². The minimum absolute atomic E-state index is 0.0511. The Morgan fingerprint density at radius 1 is 1.24 bits per heavy atom. The van der Waals surface area contributed by atoms with Gasteiger partial charge in [0.15, 0.2) is 9.84 Å². The van der Waals surface area contributed by atoms with E-state index < -0.39 is 15.9 Å². The van der Waals surface area contributed by atoms with Crippen LogP contribution in [0.15, 0.2) is 36.4 Å². The average Bonchev–Trinajstić information content (AvgIpc) is 2.78. The lowest BCUT2D eigenvalue weighted by molar-refractivity contribution is 0.181. The van der Waals surface area contributed by atoms with Crippen LogP contribution in [0.5, 0.6) is 5.75 Å². The van der Waals surface area contributed by atoms with Gasteiger partial charge < -0.3 is 9.84 Å². The van der Waals surface area contributed by atoms with Crippen LogP contribution in [0.1, 0.15) is 25.0 Å². The molecule has 2 atom stereocenters. The molecule has 3 rings (SSSR count). The molecule has 1 aliphatic rings. The Kier molecular flexibility index (Phi) is 3.63. The topological polar surface area (TPSA) is 63.6 Å². The largest absolute Gasteiger partial charge is 0.488 e. The molecule has 0 amide bonds. The standard InChI is InChI=1S/C16H18O4S/c1-11(17)14-7-6-12-4-2-3-5-15(12)16(14)20-13-8-9-21(18,19)10-13/h2-7,11,13,17H,8-10H2,1H3/t11-,13?/m0/s1. The molecule has 2 aromatic rings. The number of hydrogen-bond acceptors (Lipinski definition) is 4. The molecule has 1 aliphatic heterocycles. The number of hydrogen-bond donors (Lipinski definition) is 1. The van der Waals surface area contributed by atoms with E-state index in [9.17, 15) is 13.5 Å². The summed E-state index contributed by atoms with van der Waals surface area (Å²) in [6.07, 6.45) is -0.494. The SMILES string of the molecule is C[C@H](O)c1ccc2ccccc2c1OC1CCS(=O)(=O)C1. The monoisotopic (exact) mass is 306 g/mol. The second-order valence-corrected chi connectivity index (χ2v) is 7.75. The van der Waals surface area contributed by atoms with Crippen LogP contribution in [0, 0.1) is 0 Å². The molecule has 2 aromatic carbocycles. The summed E-state index contributed by atoms with van der Waals surface area (Å²) in [5.74, 6) is 0.826. The first kappa shape index (κ1) is 14.4. The summed E-state index contributed by atoms with van der Waals surface area (Å²) in [6.45, 7) is 1.68. The third kappa shape index (κ3) is 2.89. The van der Waals surface area contributed by atoms with Gasteiger partial charge in [0.05, 0.1) is 17.6 Å². The number of aliphatic hydroxyl groups excluding tert-OH is 1. The lowest BCUT2D eigenvalue weighted by Crippen LogP contribution is -2.19. The zero-order chi connectivity index (χ0) is 15.0. The molecule has 1 unspecified atom stereocenters. The molecule has 1 saturated heterocycles. The first-order chi connectivity index (χ1) is 9.96. The second-order valence-electron chi connectivity index (χ2n) is 5.52. The van der Waals surface area contributed by atoms with Gasteiger partial charge in [0.25, 0.3) is 0 Å². The van der Waals surface area contributed by atoms with Crippen molar-refractivity contribution in [1.29, 1.82) is 0 Å². The van der Waals surface area contributed by atoms with Crippen molar-refractivity contribution in [3.8, 4) is 5.75 Å². The van der Waals surface area contributed by atoms with Crippen molar-refractivity contribution in [3.63, 3.8) is 0 Å². The van der Waals surface area contributed by atoms with Crippen molar-refractivity contribution in [3.05, 3.63) is 42.0 Å². The van der Waals surface area contributed by atoms with Crippen LogP contribution >= 0.6 is 0 Å². The van der Waals surface area contributed by atoms with Crippen LogP contribution < -0.4 is 4.74 Å². The molecule has 0 spiro atoms. The number of ether oxygens (including phenoxy) is 1. The van der Waals surface area contributed by atoms with E-state index in [1.165, 1.54) is 0 Å². The average molecular weight is 306 g/mol. The summed E-state index contributed by atoms with van der Waals surface area (Å²) in [5.41, 5.74) is 0.693. The highest BCUT2D eigenvalue weighted by Crippen LogP contribution is 2.35. The van der Waals surface area contributed by atoms with Gasteiger partial charge in [-0.1, -0.05) is 36.4 Å². The molecule has 1 heterocycles. The van der Waals surface area contributed by atoms with Crippen LogP contribution in [0.25, 0.3) is 10.8 Å². The summed E-state index contributed by atoms with van der Waals surface area (Å²) in [6, 6.07) is 11.5. The maximum absolute atomic E-state index is 11.6. The fourth-order valence-corrected chi connectivity index (χ4v) is 4.33. The van der Waals surface area contributed by atoms with Gasteiger partial charge in [0, 0.05) is 10.9 Å². The Bertz CT molecular complexity index is 765. The molecule has 0 aromatic heterocycles. The Morgan fingerprint density at radius 3 is 2.67 bits per heavy atom. The lowest BCUT2D eigenvalue weighted by atomic mass is 10.0. The molecule has 112 valence electrons. The van der Waals surface area contributed by atoms with Crippen LogP contribution in [0.2, 0.25) is 0 Å². The fraction of sp³-hybridized carbons (Fsp3) is 0.375. The Morgan fingerprint density at radius 2 is 2.00 bits per heavy atom. The van der Waals surface area contributed by atoms with Crippen molar-refractivity contribution in [2.45, 2.75) is 25.6 Å². The summed E-state index contributed by atoms with van der Waals surface area (Å²) < 4.78 is 29.1. The van der Waals surface area contributed by atoms with E-state index in [1.54, 1.807) is 6.92 Å². The highest BCUT2D eigenvalue weighted by molar-refractivity contribution is 7.91. The normalized spacial score (nSPS) is 22.3. The fourth-order valence-electron chi connectivity index (χ4n) is 2.74. The summed E-state index contributed by atoms with van der Waals surface area (Å²) in [5, 5.41) is 11.9. The molecular weight excluding hydrogens is 288 g/mol. The van der Waals surface area contributed by atoms with Crippen molar-refractivity contribution < 1.29 is 18.3 Å². The molecular formula is C16H18O4S. The molecule has 0 radical (unpaired) electrons. The second kappa shape index (κ2) is 5.31. The van der Waals surface area contributed by atoms with Gasteiger partial charge >= 0.3 is 0 Å². The third-order valence-corrected chi connectivity index (χ3v) is 5.57. The van der Waals surface area contributed by atoms with Crippen molar-refractivity contribution >= 4 is 20.6 Å². The minimum Gasteiger partial charge on any atom is -0.488 e. The molecule has 5 heteroatoms. The van der Waals surface area contributed by atoms with Crippen molar-refractivity contribution in [1.82, 2.24) is 0 Å². The summed E-state index contributed by atoms with van der Waals surface area (Å²) in [4.78, 5) is 0. The van der Waals surface area contributed by atoms with Crippen molar-refractivity contribution in [2.75, 3.05) is 11.5 Å². The van der Waals surface area contributed by atoms with Crippen LogP contribution in [-0.2, 0) is 9.84 Å². The summed E-state index contributed by atoms with van der Waals surface area (Å²) >= 11 is 0. The van der Waals surface area contributed by atoms with Gasteiger partial charge in [-0.15, -0.1) is 0 Å². The predicted molar refractivity (Wildman–Crippen MR) is 82.3 cm³/mol. The smallest absolute Gasteiger partial charge is 0.154 e. The van der Waals surface area contributed by atoms with Gasteiger partial charge in [0.1, 0.15) is 11.9 Å². The van der Waals surface area contributed by atoms with E-state index in [2.05, 4.69) is 0 Å². The molecule has 0 aliphatic carbocycles. The lowest BCUT2D eigenvalue weighted by Gasteiger charge is -2.19. The van der Waals surface area contributed by atoms with Gasteiger partial charge in [-0.25, -0.2) is 8.42 Å². The van der Waals surface area contributed by atoms with E-state index in [0.717, 1.165) is 10.8 Å². The van der Waals surface area contributed by atoms with E-state index in [1.807, 2.05) is 36.4 Å². The zero-order valence-corrected chi connectivity index (χ0v) is 12.6. The van der Waals surface area contributed by atoms with E-state index >= 15 is 0 Å². The van der Waals surface area contributed by atoms with Crippen LogP contribution in [0.4, 0.5) is 0 Å². The number of rotatable bonds is 3. The number of benzene rings is 2. The van der Waals surface area contributed by atoms with E-state index in [4.69, 9.17) is 4.74 Å². The number of sulfone groups is 1. The molecule has 4 nitrogen and oxygen atoms in total. The highest BCUT2D eigenvalue weighted by Gasteiger charge is 2.30. The van der Waals surface area contributed by atoms with Crippen LogP contribution in [-0.4, -0.2) is 31.1 Å². The maximum Gasteiger partial charge on any atom is 0.154 e. The minimum atomic E-state index is -2.99. The first-order valence-corrected chi connectivity index (χ1v) is 8.85. The quantitative estimate of drug-likeness (QED) is 0.946. The molecule has 0 saturated carbocycles. The van der Waals surface area contributed by atoms with E-state index in [-0.39, 0.29) is 17.6 Å². The predicted octanol–water partition coefficient (Wildman–Crippen LogP) is 2.46. The van der Waals surface area contributed by atoms with Gasteiger partial charge in [-0.3, -0.25) is 0 Å². The molecule has 1 fully saturated rings. The third-order valence-electron chi connectivity index (χ3n) is 3.84. The number of fused-ring (bicyclic) bond motifs is 1. The van der Waals surface area contributed by atoms with Gasteiger partial charge in [-0.05, 0) is 18.7 Å². The molecule has 21 heavy (non-hydrogen) atoms. The Balaban J connectivity index is 2.04. The summed E-state index contributed by atoms with van der Waals surface area (Å²) in [7, 11) is -2.99. The molecule has 0 bridgehead atoms. The Hall–Kier alpha value is -1.59. The first-order valence-electron chi connectivity index (χ1n) is 7.03. The highest BCUT2D eigenvalue weighted by atomic mass is 32.2. The van der Waals surface area contributed by atoms with Gasteiger partial charge in [-0.2, -0.15) is 0 Å².